The van der Waals surface area contributed by atoms with Gasteiger partial charge >= 0.3 is 5.97 Å². The van der Waals surface area contributed by atoms with E-state index < -0.39 is 24.8 Å². The van der Waals surface area contributed by atoms with Gasteiger partial charge in [0, 0.05) is 7.11 Å². The first-order chi connectivity index (χ1) is 10.4. The van der Waals surface area contributed by atoms with Crippen molar-refractivity contribution in [2.24, 2.45) is 16.6 Å². The second-order valence-corrected chi connectivity index (χ2v) is 3.51. The zero-order valence-corrected chi connectivity index (χ0v) is 12.3. The molecular weight excluding hydrogens is 300 g/mol. The number of carbonyl (C=O) groups excluding carboxylic acids is 2. The molecule has 0 spiro atoms. The van der Waals surface area contributed by atoms with Crippen LogP contribution in [0.4, 0.5) is 0 Å². The van der Waals surface area contributed by atoms with Gasteiger partial charge in [-0.2, -0.15) is 0 Å². The molecule has 0 aliphatic rings. The van der Waals surface area contributed by atoms with Gasteiger partial charge in [-0.1, -0.05) is 5.17 Å². The van der Waals surface area contributed by atoms with Crippen molar-refractivity contribution >= 4 is 24.2 Å². The van der Waals surface area contributed by atoms with Gasteiger partial charge in [0.2, 0.25) is 11.9 Å². The summed E-state index contributed by atoms with van der Waals surface area (Å²) in [6, 6.07) is 0. The lowest BCUT2D eigenvalue weighted by molar-refractivity contribution is -0.166. The number of nitrogens with zero attached hydrogens (tertiary/aromatic N) is 2. The van der Waals surface area contributed by atoms with Crippen molar-refractivity contribution in [2.75, 3.05) is 20.3 Å². The van der Waals surface area contributed by atoms with E-state index in [0.717, 1.165) is 0 Å². The molecule has 22 heavy (non-hydrogen) atoms. The minimum Gasteiger partial charge on any atom is -0.464 e. The fraction of sp³-hybridized carbons (Fsp3) is 0.600. The van der Waals surface area contributed by atoms with Crippen molar-refractivity contribution < 1.29 is 28.7 Å². The zero-order valence-electron chi connectivity index (χ0n) is 12.3. The van der Waals surface area contributed by atoms with Crippen LogP contribution in [-0.4, -0.2) is 56.0 Å². The maximum absolute atomic E-state index is 11.1. The lowest BCUT2D eigenvalue weighted by atomic mass is 10.5. The third-order valence-electron chi connectivity index (χ3n) is 1.86. The molecule has 0 heterocycles. The molecule has 0 rings (SSSR count). The van der Waals surface area contributed by atoms with E-state index in [-0.39, 0.29) is 19.0 Å². The van der Waals surface area contributed by atoms with Crippen LogP contribution < -0.4 is 16.9 Å². The number of hydrogen-bond acceptors (Lipinski definition) is 8. The highest BCUT2D eigenvalue weighted by molar-refractivity contribution is 5.80. The maximum atomic E-state index is 11.1. The van der Waals surface area contributed by atoms with Gasteiger partial charge in [-0.05, 0) is 6.92 Å². The normalized spacial score (nSPS) is 12.4. The molecule has 0 aliphatic carbocycles. The minimum absolute atomic E-state index is 0.0352. The SMILES string of the molecule is CCOC(=O)CON(N=C(N)NOC(CC=O)OC)C(=N)N. The number of hydroxylamine groups is 2. The number of hydrogen-bond donors (Lipinski definition) is 4. The summed E-state index contributed by atoms with van der Waals surface area (Å²) >= 11 is 0. The van der Waals surface area contributed by atoms with E-state index in [4.69, 9.17) is 31.3 Å². The Morgan fingerprint density at radius 3 is 2.68 bits per heavy atom. The van der Waals surface area contributed by atoms with Crippen molar-refractivity contribution in [2.45, 2.75) is 19.6 Å². The Morgan fingerprint density at radius 1 is 1.50 bits per heavy atom. The molecule has 1 atom stereocenters. The van der Waals surface area contributed by atoms with E-state index in [1.807, 2.05) is 0 Å². The van der Waals surface area contributed by atoms with Crippen LogP contribution in [0.25, 0.3) is 0 Å². The number of methoxy groups -OCH3 is 1. The van der Waals surface area contributed by atoms with Crippen LogP contribution in [0.1, 0.15) is 13.3 Å². The summed E-state index contributed by atoms with van der Waals surface area (Å²) in [6.07, 6.45) is -0.322. The van der Waals surface area contributed by atoms with Crippen molar-refractivity contribution in [1.82, 2.24) is 10.7 Å². The Hall–Kier alpha value is -2.44. The van der Waals surface area contributed by atoms with E-state index in [1.165, 1.54) is 7.11 Å². The van der Waals surface area contributed by atoms with Crippen LogP contribution in [0.5, 0.6) is 0 Å². The molecule has 6 N–H and O–H groups in total. The predicted molar refractivity (Wildman–Crippen MR) is 73.7 cm³/mol. The van der Waals surface area contributed by atoms with Gasteiger partial charge < -0.3 is 25.7 Å². The van der Waals surface area contributed by atoms with Crippen LogP contribution in [0, 0.1) is 5.41 Å². The number of ether oxygens (including phenoxy) is 2. The minimum atomic E-state index is -0.877. The second-order valence-electron chi connectivity index (χ2n) is 3.51. The molecule has 126 valence electrons. The monoisotopic (exact) mass is 320 g/mol. The highest BCUT2D eigenvalue weighted by Gasteiger charge is 2.12. The van der Waals surface area contributed by atoms with E-state index >= 15 is 0 Å². The summed E-state index contributed by atoms with van der Waals surface area (Å²) in [5.74, 6) is -1.66. The molecule has 0 bridgehead atoms. The Morgan fingerprint density at radius 2 is 2.18 bits per heavy atom. The third-order valence-corrected chi connectivity index (χ3v) is 1.86. The van der Waals surface area contributed by atoms with Crippen molar-refractivity contribution in [3.8, 4) is 0 Å². The Bertz CT molecular complexity index is 403. The van der Waals surface area contributed by atoms with Crippen molar-refractivity contribution in [3.05, 3.63) is 0 Å². The van der Waals surface area contributed by atoms with Gasteiger partial charge in [0.05, 0.1) is 13.0 Å². The molecule has 0 aliphatic heterocycles. The average molecular weight is 320 g/mol. The first-order valence-electron chi connectivity index (χ1n) is 6.09. The molecular formula is C10H20N6O6. The third kappa shape index (κ3) is 8.68. The fourth-order valence-corrected chi connectivity index (χ4v) is 0.984. The number of guanidine groups is 2. The zero-order chi connectivity index (χ0) is 17.0. The molecule has 0 saturated heterocycles. The maximum Gasteiger partial charge on any atom is 0.334 e. The molecule has 0 aromatic carbocycles. The highest BCUT2D eigenvalue weighted by atomic mass is 16.8. The summed E-state index contributed by atoms with van der Waals surface area (Å²) < 4.78 is 9.43. The lowest BCUT2D eigenvalue weighted by Gasteiger charge is -2.17. The summed E-state index contributed by atoms with van der Waals surface area (Å²) in [6.45, 7) is 1.29. The molecule has 0 aromatic rings. The quantitative estimate of drug-likeness (QED) is 0.0878. The van der Waals surface area contributed by atoms with Crippen LogP contribution in [0.2, 0.25) is 0 Å². The first kappa shape index (κ1) is 19.6. The number of nitrogens with two attached hydrogens (primary N) is 2. The topological polar surface area (TPSA) is 175 Å². The van der Waals surface area contributed by atoms with Crippen molar-refractivity contribution in [1.29, 1.82) is 5.41 Å². The van der Waals surface area contributed by atoms with Crippen LogP contribution in [0.3, 0.4) is 0 Å². The molecule has 1 unspecified atom stereocenters. The highest BCUT2D eigenvalue weighted by Crippen LogP contribution is 1.95. The number of aldehydes is 1. The van der Waals surface area contributed by atoms with Crippen LogP contribution in [-0.2, 0) is 28.7 Å². The molecule has 0 aromatic heterocycles. The number of esters is 1. The number of rotatable bonds is 10. The van der Waals surface area contributed by atoms with Gasteiger partial charge in [0.1, 0.15) is 6.29 Å². The lowest BCUT2D eigenvalue weighted by Crippen LogP contribution is -2.41. The molecule has 12 heteroatoms. The molecule has 0 saturated carbocycles. The van der Waals surface area contributed by atoms with Gasteiger partial charge in [0.25, 0.3) is 0 Å². The van der Waals surface area contributed by atoms with E-state index in [1.54, 1.807) is 6.92 Å². The van der Waals surface area contributed by atoms with E-state index in [0.29, 0.717) is 11.5 Å². The van der Waals surface area contributed by atoms with Crippen molar-refractivity contribution in [3.63, 3.8) is 0 Å². The van der Waals surface area contributed by atoms with Crippen LogP contribution in [0.15, 0.2) is 5.10 Å². The largest absolute Gasteiger partial charge is 0.464 e. The summed E-state index contributed by atoms with van der Waals surface area (Å²) in [5.41, 5.74) is 12.8. The number of nitrogens with one attached hydrogen (secondary N) is 2. The molecule has 0 fully saturated rings. The summed E-state index contributed by atoms with van der Waals surface area (Å²) in [7, 11) is 1.33. The number of hydrazone groups is 1. The van der Waals surface area contributed by atoms with E-state index in [9.17, 15) is 9.59 Å². The fourth-order valence-electron chi connectivity index (χ4n) is 0.984. The molecule has 0 amide bonds. The average Bonchev–Trinajstić information content (AvgIpc) is 2.47. The summed E-state index contributed by atoms with van der Waals surface area (Å²) in [5, 5.41) is 11.3. The molecule has 0 radical (unpaired) electrons. The standard InChI is InChI=1S/C10H20N6O6/c1-3-20-7(18)6-21-16(9(11)12)14-10(13)15-22-8(19-2)4-5-17/h5,8H,3-4,6H2,1-2H3,(H3,11,12)(H3,13,14,15). The van der Waals surface area contributed by atoms with Gasteiger partial charge in [0.15, 0.2) is 12.9 Å². The second kappa shape index (κ2) is 11.2. The Labute approximate surface area is 126 Å². The van der Waals surface area contributed by atoms with Gasteiger partial charge in [-0.3, -0.25) is 5.41 Å². The van der Waals surface area contributed by atoms with E-state index in [2.05, 4.69) is 15.3 Å². The predicted octanol–water partition coefficient (Wildman–Crippen LogP) is -2.01. The van der Waals surface area contributed by atoms with Crippen LogP contribution >= 0.6 is 0 Å². The summed E-state index contributed by atoms with van der Waals surface area (Å²) in [4.78, 5) is 31.2. The smallest absolute Gasteiger partial charge is 0.334 e. The first-order valence-corrected chi connectivity index (χ1v) is 6.09. The van der Waals surface area contributed by atoms with Gasteiger partial charge in [-0.25, -0.2) is 19.9 Å². The Kier molecular flexibility index (Phi) is 10.00. The van der Waals surface area contributed by atoms with Gasteiger partial charge in [-0.15, -0.1) is 5.10 Å². The number of carbonyl (C=O) groups is 2. The Balaban J connectivity index is 4.47. The molecule has 12 nitrogen and oxygen atoms in total.